The van der Waals surface area contributed by atoms with E-state index in [-0.39, 0.29) is 5.91 Å². The Balaban J connectivity index is 1.44. The molecule has 4 rings (SSSR count). The molecule has 28 heavy (non-hydrogen) atoms. The molecule has 2 bridgehead atoms. The molecule has 150 valence electrons. The number of methoxy groups -OCH3 is 1. The molecule has 0 radical (unpaired) electrons. The number of benzene rings is 1. The fourth-order valence-corrected chi connectivity index (χ4v) is 5.52. The second-order valence-electron chi connectivity index (χ2n) is 7.53. The molecule has 1 aromatic heterocycles. The number of carbonyl (C=O) groups excluding carboxylic acids is 1. The number of halogens is 1. The largest absolute Gasteiger partial charge is 0.496 e. The van der Waals surface area contributed by atoms with E-state index in [0.29, 0.717) is 40.9 Å². The van der Waals surface area contributed by atoms with E-state index in [1.165, 1.54) is 31.0 Å². The third-order valence-electron chi connectivity index (χ3n) is 5.85. The van der Waals surface area contributed by atoms with Crippen molar-refractivity contribution < 1.29 is 9.53 Å². The van der Waals surface area contributed by atoms with Gasteiger partial charge < -0.3 is 14.6 Å². The molecular weight excluding hydrogens is 396 g/mol. The Morgan fingerprint density at radius 2 is 2.21 bits per heavy atom. The van der Waals surface area contributed by atoms with Gasteiger partial charge in [0.05, 0.1) is 18.4 Å². The van der Waals surface area contributed by atoms with Gasteiger partial charge in [-0.1, -0.05) is 29.8 Å². The lowest BCUT2D eigenvalue weighted by Crippen LogP contribution is -2.39. The molecule has 2 aromatic rings. The van der Waals surface area contributed by atoms with Crippen molar-refractivity contribution in [1.29, 1.82) is 0 Å². The van der Waals surface area contributed by atoms with E-state index in [4.69, 9.17) is 16.3 Å². The minimum atomic E-state index is 0.0788. The highest BCUT2D eigenvalue weighted by molar-refractivity contribution is 7.99. The molecular formula is C20H25ClN4O2S. The molecule has 1 amide bonds. The molecule has 0 spiro atoms. The molecule has 1 N–H and O–H groups in total. The van der Waals surface area contributed by atoms with Gasteiger partial charge >= 0.3 is 0 Å². The Hall–Kier alpha value is -1.73. The summed E-state index contributed by atoms with van der Waals surface area (Å²) in [5, 5.41) is 13.2. The molecule has 1 heterocycles. The van der Waals surface area contributed by atoms with Crippen molar-refractivity contribution >= 4 is 29.3 Å². The SMILES string of the molecule is CCn1c(SCC(=O)N[C@H]2C[C@H]3CC[C@H]2C3)nnc1-c1cc(Cl)ccc1OC. The van der Waals surface area contributed by atoms with Gasteiger partial charge in [-0.2, -0.15) is 0 Å². The molecule has 0 aliphatic heterocycles. The number of aromatic nitrogens is 3. The number of nitrogens with one attached hydrogen (secondary N) is 1. The molecule has 2 saturated carbocycles. The number of rotatable bonds is 7. The highest BCUT2D eigenvalue weighted by atomic mass is 35.5. The minimum absolute atomic E-state index is 0.0788. The monoisotopic (exact) mass is 420 g/mol. The standard InChI is InChI=1S/C20H25ClN4O2S/c1-3-25-19(15-10-14(21)6-7-17(15)27-2)23-24-20(25)28-11-18(26)22-16-9-12-4-5-13(16)8-12/h6-7,10,12-13,16H,3-5,8-9,11H2,1-2H3,(H,22,26)/t12-,13-,16-/m0/s1. The molecule has 2 fully saturated rings. The van der Waals surface area contributed by atoms with Crippen LogP contribution < -0.4 is 10.1 Å². The van der Waals surface area contributed by atoms with E-state index in [0.717, 1.165) is 23.1 Å². The maximum atomic E-state index is 12.4. The summed E-state index contributed by atoms with van der Waals surface area (Å²) in [5.41, 5.74) is 0.794. The van der Waals surface area contributed by atoms with Gasteiger partial charge in [0.2, 0.25) is 5.91 Å². The van der Waals surface area contributed by atoms with E-state index in [2.05, 4.69) is 15.5 Å². The zero-order valence-corrected chi connectivity index (χ0v) is 17.7. The fraction of sp³-hybridized carbons (Fsp3) is 0.550. The third kappa shape index (κ3) is 3.87. The number of carbonyl (C=O) groups is 1. The van der Waals surface area contributed by atoms with Gasteiger partial charge in [-0.25, -0.2) is 0 Å². The van der Waals surface area contributed by atoms with E-state index in [9.17, 15) is 4.79 Å². The normalized spacial score (nSPS) is 23.2. The Bertz CT molecular complexity index is 872. The van der Waals surface area contributed by atoms with E-state index < -0.39 is 0 Å². The predicted octanol–water partition coefficient (Wildman–Crippen LogP) is 4.02. The first-order valence-electron chi connectivity index (χ1n) is 9.78. The first-order valence-corrected chi connectivity index (χ1v) is 11.1. The van der Waals surface area contributed by atoms with Crippen LogP contribution in [0.5, 0.6) is 5.75 Å². The Morgan fingerprint density at radius 3 is 2.89 bits per heavy atom. The molecule has 0 saturated heterocycles. The molecule has 2 aliphatic rings. The van der Waals surface area contributed by atoms with Gasteiger partial charge in [0.15, 0.2) is 11.0 Å². The van der Waals surface area contributed by atoms with Crippen molar-refractivity contribution in [2.24, 2.45) is 11.8 Å². The Labute approximate surface area is 174 Å². The van der Waals surface area contributed by atoms with Crippen LogP contribution in [0, 0.1) is 11.8 Å². The van der Waals surface area contributed by atoms with Gasteiger partial charge in [0.1, 0.15) is 5.75 Å². The molecule has 8 heteroatoms. The van der Waals surface area contributed by atoms with Crippen LogP contribution in [0.25, 0.3) is 11.4 Å². The maximum Gasteiger partial charge on any atom is 0.230 e. The highest BCUT2D eigenvalue weighted by Gasteiger charge is 2.40. The number of hydrogen-bond acceptors (Lipinski definition) is 5. The summed E-state index contributed by atoms with van der Waals surface area (Å²) in [6.07, 6.45) is 5.02. The number of fused-ring (bicyclic) bond motifs is 2. The second-order valence-corrected chi connectivity index (χ2v) is 8.91. The number of thioether (sulfide) groups is 1. The summed E-state index contributed by atoms with van der Waals surface area (Å²) < 4.78 is 7.44. The Kier molecular flexibility index (Phi) is 5.83. The van der Waals surface area contributed by atoms with Crippen molar-refractivity contribution in [2.75, 3.05) is 12.9 Å². The van der Waals surface area contributed by atoms with Crippen LogP contribution in [0.15, 0.2) is 23.4 Å². The maximum absolute atomic E-state index is 12.4. The molecule has 1 aromatic carbocycles. The summed E-state index contributed by atoms with van der Waals surface area (Å²) >= 11 is 7.59. The number of hydrogen-bond donors (Lipinski definition) is 1. The van der Waals surface area contributed by atoms with Crippen molar-refractivity contribution in [1.82, 2.24) is 20.1 Å². The average molecular weight is 421 g/mol. The van der Waals surface area contributed by atoms with Crippen LogP contribution in [0.1, 0.15) is 32.6 Å². The zero-order chi connectivity index (χ0) is 19.7. The smallest absolute Gasteiger partial charge is 0.230 e. The van der Waals surface area contributed by atoms with Gasteiger partial charge in [-0.05, 0) is 56.2 Å². The van der Waals surface area contributed by atoms with Gasteiger partial charge in [0.25, 0.3) is 0 Å². The number of amides is 1. The second kappa shape index (κ2) is 8.33. The van der Waals surface area contributed by atoms with Gasteiger partial charge in [-0.15, -0.1) is 10.2 Å². The number of nitrogens with zero attached hydrogens (tertiary/aromatic N) is 3. The average Bonchev–Trinajstić information content (AvgIpc) is 3.41. The van der Waals surface area contributed by atoms with Crippen LogP contribution in [0.3, 0.4) is 0 Å². The first-order chi connectivity index (χ1) is 13.6. The lowest BCUT2D eigenvalue weighted by atomic mass is 9.95. The van der Waals surface area contributed by atoms with Gasteiger partial charge in [0, 0.05) is 17.6 Å². The highest BCUT2D eigenvalue weighted by Crippen LogP contribution is 2.44. The first kappa shape index (κ1) is 19.6. The molecule has 3 atom stereocenters. The van der Waals surface area contributed by atoms with E-state index in [1.807, 2.05) is 23.6 Å². The van der Waals surface area contributed by atoms with Crippen LogP contribution in [0.4, 0.5) is 0 Å². The predicted molar refractivity (Wildman–Crippen MR) is 111 cm³/mol. The third-order valence-corrected chi connectivity index (χ3v) is 7.05. The quantitative estimate of drug-likeness (QED) is 0.685. The van der Waals surface area contributed by atoms with E-state index >= 15 is 0 Å². The lowest BCUT2D eigenvalue weighted by molar-refractivity contribution is -0.119. The van der Waals surface area contributed by atoms with Crippen LogP contribution in [0.2, 0.25) is 5.02 Å². The van der Waals surface area contributed by atoms with Crippen molar-refractivity contribution in [3.05, 3.63) is 23.2 Å². The summed E-state index contributed by atoms with van der Waals surface area (Å²) in [5.74, 6) is 3.31. The van der Waals surface area contributed by atoms with Crippen LogP contribution >= 0.6 is 23.4 Å². The molecule has 2 aliphatic carbocycles. The molecule has 0 unspecified atom stereocenters. The number of ether oxygens (including phenoxy) is 1. The van der Waals surface area contributed by atoms with Crippen molar-refractivity contribution in [2.45, 2.75) is 50.4 Å². The van der Waals surface area contributed by atoms with E-state index in [1.54, 1.807) is 13.2 Å². The minimum Gasteiger partial charge on any atom is -0.496 e. The molecule has 6 nitrogen and oxygen atoms in total. The summed E-state index contributed by atoms with van der Waals surface area (Å²) in [7, 11) is 1.62. The van der Waals surface area contributed by atoms with Crippen LogP contribution in [-0.4, -0.2) is 39.6 Å². The van der Waals surface area contributed by atoms with Gasteiger partial charge in [-0.3, -0.25) is 4.79 Å². The summed E-state index contributed by atoms with van der Waals surface area (Å²) in [6, 6.07) is 5.79. The summed E-state index contributed by atoms with van der Waals surface area (Å²) in [4.78, 5) is 12.4. The van der Waals surface area contributed by atoms with Crippen molar-refractivity contribution in [3.8, 4) is 17.1 Å². The Morgan fingerprint density at radius 1 is 1.36 bits per heavy atom. The topological polar surface area (TPSA) is 69.0 Å². The lowest BCUT2D eigenvalue weighted by Gasteiger charge is -2.22. The zero-order valence-electron chi connectivity index (χ0n) is 16.2. The van der Waals surface area contributed by atoms with Crippen molar-refractivity contribution in [3.63, 3.8) is 0 Å². The van der Waals surface area contributed by atoms with Crippen LogP contribution in [-0.2, 0) is 11.3 Å². The fourth-order valence-electron chi connectivity index (χ4n) is 4.53. The summed E-state index contributed by atoms with van der Waals surface area (Å²) in [6.45, 7) is 2.72.